The molecule has 0 bridgehead atoms. The van der Waals surface area contributed by atoms with Crippen LogP contribution in [0.1, 0.15) is 17.6 Å². The summed E-state index contributed by atoms with van der Waals surface area (Å²) in [6, 6.07) is 6.13. The molecule has 0 radical (unpaired) electrons. The van der Waals surface area contributed by atoms with Gasteiger partial charge in [-0.2, -0.15) is 13.2 Å². The largest absolute Gasteiger partial charge is 0.460 e. The van der Waals surface area contributed by atoms with Gasteiger partial charge in [-0.25, -0.2) is 15.0 Å². The summed E-state index contributed by atoms with van der Waals surface area (Å²) in [7, 11) is 0. The van der Waals surface area contributed by atoms with Crippen LogP contribution in [0.25, 0.3) is 22.5 Å². The molecule has 0 aliphatic carbocycles. The second-order valence-electron chi connectivity index (χ2n) is 8.22. The quantitative estimate of drug-likeness (QED) is 0.299. The van der Waals surface area contributed by atoms with Gasteiger partial charge >= 0.3 is 6.18 Å². The highest BCUT2D eigenvalue weighted by atomic mass is 35.5. The first-order chi connectivity index (χ1) is 17.1. The fourth-order valence-electron chi connectivity index (χ4n) is 4.03. The first kappa shape index (κ1) is 24.5. The number of rotatable bonds is 6. The number of hydrogen-bond donors (Lipinski definition) is 4. The maximum Gasteiger partial charge on any atom is 0.416 e. The molecule has 190 valence electrons. The summed E-state index contributed by atoms with van der Waals surface area (Å²) < 4.78 is 52.2. The molecule has 3 aromatic heterocycles. The van der Waals surface area contributed by atoms with Crippen LogP contribution < -0.4 is 11.1 Å². The van der Waals surface area contributed by atoms with E-state index in [1.54, 1.807) is 6.07 Å². The zero-order chi connectivity index (χ0) is 25.6. The van der Waals surface area contributed by atoms with Crippen molar-refractivity contribution in [3.8, 4) is 11.3 Å². The summed E-state index contributed by atoms with van der Waals surface area (Å²) in [5, 5.41) is 24.2. The van der Waals surface area contributed by atoms with Gasteiger partial charge in [0.2, 0.25) is 0 Å². The first-order valence-corrected chi connectivity index (χ1v) is 11.1. The van der Waals surface area contributed by atoms with Crippen molar-refractivity contribution in [1.82, 2.24) is 24.8 Å². The lowest BCUT2D eigenvalue weighted by atomic mass is 10.1. The number of nitrogen functional groups attached to an aromatic ring is 1. The van der Waals surface area contributed by atoms with Gasteiger partial charge in [-0.3, -0.25) is 4.57 Å². The number of alkyl halides is 3. The van der Waals surface area contributed by atoms with E-state index in [1.165, 1.54) is 29.4 Å². The number of aliphatic hydroxyl groups excluding tert-OH is 2. The summed E-state index contributed by atoms with van der Waals surface area (Å²) in [6.45, 7) is 0.320. The number of nitrogens with two attached hydrogens (primary N) is 1. The molecule has 1 aliphatic rings. The first-order valence-electron chi connectivity index (χ1n) is 10.7. The van der Waals surface area contributed by atoms with Crippen LogP contribution in [0.3, 0.4) is 0 Å². The van der Waals surface area contributed by atoms with Crippen molar-refractivity contribution in [2.24, 2.45) is 0 Å². The normalized spacial score (nSPS) is 22.5. The Kier molecular flexibility index (Phi) is 6.34. The number of nitrogens with one attached hydrogen (secondary N) is 1. The summed E-state index contributed by atoms with van der Waals surface area (Å²) in [4.78, 5) is 12.1. The molecule has 1 saturated heterocycles. The van der Waals surface area contributed by atoms with Crippen molar-refractivity contribution in [3.05, 3.63) is 59.3 Å². The average Bonchev–Trinajstić information content (AvgIpc) is 3.54. The molecule has 10 nitrogen and oxygen atoms in total. The Morgan fingerprint density at radius 1 is 1.11 bits per heavy atom. The van der Waals surface area contributed by atoms with Gasteiger partial charge in [0.05, 0.1) is 23.5 Å². The molecular formula is C22H20ClF3N6O4. The number of fused-ring (bicyclic) bond motifs is 1. The van der Waals surface area contributed by atoms with Crippen LogP contribution in [0.2, 0.25) is 5.02 Å². The molecule has 0 spiro atoms. The molecule has 0 saturated carbocycles. The zero-order valence-corrected chi connectivity index (χ0v) is 19.1. The van der Waals surface area contributed by atoms with Crippen molar-refractivity contribution in [2.45, 2.75) is 37.3 Å². The molecule has 1 fully saturated rings. The van der Waals surface area contributed by atoms with E-state index in [1.807, 2.05) is 0 Å². The van der Waals surface area contributed by atoms with E-state index in [2.05, 4.69) is 20.3 Å². The highest BCUT2D eigenvalue weighted by molar-refractivity contribution is 6.33. The number of furan rings is 1. The minimum atomic E-state index is -4.51. The summed E-state index contributed by atoms with van der Waals surface area (Å²) in [5.74, 6) is 0.786. The van der Waals surface area contributed by atoms with Gasteiger partial charge in [0.1, 0.15) is 41.7 Å². The molecule has 1 aromatic carbocycles. The Morgan fingerprint density at radius 3 is 2.69 bits per heavy atom. The second kappa shape index (κ2) is 9.33. The van der Waals surface area contributed by atoms with Crippen molar-refractivity contribution in [2.75, 3.05) is 12.3 Å². The lowest BCUT2D eigenvalue weighted by Crippen LogP contribution is -2.37. The van der Waals surface area contributed by atoms with Crippen LogP contribution in [-0.4, -0.2) is 54.6 Å². The lowest BCUT2D eigenvalue weighted by molar-refractivity contribution is -0.137. The molecule has 0 amide bonds. The Labute approximate surface area is 206 Å². The Balaban J connectivity index is 1.24. The number of halogens is 4. The lowest BCUT2D eigenvalue weighted by Gasteiger charge is -2.16. The van der Waals surface area contributed by atoms with Crippen molar-refractivity contribution in [3.63, 3.8) is 0 Å². The molecule has 4 heterocycles. The molecule has 36 heavy (non-hydrogen) atoms. The fourth-order valence-corrected chi connectivity index (χ4v) is 4.24. The zero-order valence-electron chi connectivity index (χ0n) is 18.4. The van der Waals surface area contributed by atoms with Gasteiger partial charge < -0.3 is 30.4 Å². The van der Waals surface area contributed by atoms with Crippen molar-refractivity contribution in [1.29, 1.82) is 0 Å². The molecule has 5 rings (SSSR count). The number of aliphatic hydroxyl groups is 2. The average molecular weight is 525 g/mol. The van der Waals surface area contributed by atoms with Crippen LogP contribution in [0.4, 0.5) is 19.0 Å². The number of nitrogens with zero attached hydrogens (tertiary/aromatic N) is 4. The van der Waals surface area contributed by atoms with Gasteiger partial charge in [-0.15, -0.1) is 0 Å². The van der Waals surface area contributed by atoms with E-state index in [-0.39, 0.29) is 35.3 Å². The van der Waals surface area contributed by atoms with E-state index in [0.29, 0.717) is 16.9 Å². The number of aromatic nitrogens is 4. The van der Waals surface area contributed by atoms with Gasteiger partial charge in [0.25, 0.3) is 0 Å². The number of anilines is 1. The highest BCUT2D eigenvalue weighted by Crippen LogP contribution is 2.37. The maximum atomic E-state index is 13.1. The van der Waals surface area contributed by atoms with E-state index >= 15 is 0 Å². The molecule has 4 atom stereocenters. The highest BCUT2D eigenvalue weighted by Gasteiger charge is 2.44. The van der Waals surface area contributed by atoms with Crippen molar-refractivity contribution < 1.29 is 32.5 Å². The smallest absolute Gasteiger partial charge is 0.416 e. The molecule has 4 aromatic rings. The second-order valence-corrected chi connectivity index (χ2v) is 8.63. The Hall–Kier alpha value is -3.23. The van der Waals surface area contributed by atoms with E-state index in [9.17, 15) is 23.4 Å². The summed E-state index contributed by atoms with van der Waals surface area (Å²) >= 11 is 6.08. The number of hydrogen-bond acceptors (Lipinski definition) is 9. The van der Waals surface area contributed by atoms with E-state index in [0.717, 1.165) is 12.1 Å². The summed E-state index contributed by atoms with van der Waals surface area (Å²) in [6.07, 6.45) is -6.06. The van der Waals surface area contributed by atoms with Crippen LogP contribution in [-0.2, 0) is 17.5 Å². The maximum absolute atomic E-state index is 13.1. The fraction of sp³-hybridized carbons (Fsp3) is 0.318. The third-order valence-corrected chi connectivity index (χ3v) is 6.19. The predicted molar refractivity (Wildman–Crippen MR) is 122 cm³/mol. The SMILES string of the molecule is Nc1ncnc2c1ncn2[C@@H]1O[C@H](CNCc2ccc(-c3cc(C(F)(F)F)ccc3Cl)o2)[C@@H](O)[C@H]1O. The van der Waals surface area contributed by atoms with Crippen molar-refractivity contribution >= 4 is 28.6 Å². The van der Waals surface area contributed by atoms with Gasteiger partial charge in [0, 0.05) is 12.1 Å². The van der Waals surface area contributed by atoms with Crippen LogP contribution in [0.5, 0.6) is 0 Å². The van der Waals surface area contributed by atoms with E-state index in [4.69, 9.17) is 26.5 Å². The van der Waals surface area contributed by atoms with E-state index < -0.39 is 36.3 Å². The molecule has 14 heteroatoms. The number of ether oxygens (including phenoxy) is 1. The molecule has 0 unspecified atom stereocenters. The van der Waals surface area contributed by atoms with Crippen LogP contribution in [0.15, 0.2) is 47.4 Å². The Morgan fingerprint density at radius 2 is 1.92 bits per heavy atom. The minimum Gasteiger partial charge on any atom is -0.460 e. The van der Waals surface area contributed by atoms with Crippen LogP contribution >= 0.6 is 11.6 Å². The minimum absolute atomic E-state index is 0.121. The third-order valence-electron chi connectivity index (χ3n) is 5.86. The molecule has 1 aliphatic heterocycles. The molecule has 5 N–H and O–H groups in total. The van der Waals surface area contributed by atoms with Gasteiger partial charge in [-0.1, -0.05) is 11.6 Å². The predicted octanol–water partition coefficient (Wildman–Crippen LogP) is 2.75. The number of benzene rings is 1. The van der Waals surface area contributed by atoms with Gasteiger partial charge in [-0.05, 0) is 30.3 Å². The van der Waals surface area contributed by atoms with Crippen LogP contribution in [0, 0.1) is 0 Å². The monoisotopic (exact) mass is 524 g/mol. The molecular weight excluding hydrogens is 505 g/mol. The van der Waals surface area contributed by atoms with Gasteiger partial charge in [0.15, 0.2) is 17.7 Å². The standard InChI is InChI=1S/C22H20ClF3N6O4/c23-13-3-1-10(22(24,25)26)5-12(13)14-4-2-11(35-14)6-28-7-15-17(33)18(34)21(36-15)32-9-31-16-19(27)29-8-30-20(16)32/h1-5,8-9,15,17-18,21,28,33-34H,6-7H2,(H2,27,29,30)/t15-,17-,18-,21-/m1/s1. The summed E-state index contributed by atoms with van der Waals surface area (Å²) in [5.41, 5.74) is 5.78. The topological polar surface area (TPSA) is 144 Å². The Bertz CT molecular complexity index is 1390. The third kappa shape index (κ3) is 4.51. The number of imidazole rings is 1.